The van der Waals surface area contributed by atoms with Crippen LogP contribution in [-0.2, 0) is 5.41 Å². The molecule has 0 spiro atoms. The molecule has 0 amide bonds. The maximum absolute atomic E-state index is 4.60. The summed E-state index contributed by atoms with van der Waals surface area (Å²) in [7, 11) is 0. The van der Waals surface area contributed by atoms with Gasteiger partial charge in [0.2, 0.25) is 0 Å². The van der Waals surface area contributed by atoms with Gasteiger partial charge in [-0.15, -0.1) is 18.9 Å². The van der Waals surface area contributed by atoms with Crippen LogP contribution in [0.25, 0.3) is 43.4 Å². The van der Waals surface area contributed by atoms with E-state index in [9.17, 15) is 0 Å². The maximum atomic E-state index is 4.60. The normalized spacial score (nSPS) is 14.0. The molecule has 2 nitrogen and oxygen atoms in total. The number of hydrogen-bond acceptors (Lipinski definition) is 2. The first-order chi connectivity index (χ1) is 29.7. The Hall–Kier alpha value is -7.08. The zero-order valence-electron chi connectivity index (χ0n) is 36.5. The topological polar surface area (TPSA) is 6.48 Å². The van der Waals surface area contributed by atoms with Gasteiger partial charge >= 0.3 is 0 Å². The highest BCUT2D eigenvalue weighted by Gasteiger charge is 2.27. The quantitative estimate of drug-likeness (QED) is 0.127. The summed E-state index contributed by atoms with van der Waals surface area (Å²) in [6.07, 6.45) is 16.3. The molecule has 0 saturated carbocycles. The lowest BCUT2D eigenvalue weighted by atomic mass is 9.79. The van der Waals surface area contributed by atoms with Crippen molar-refractivity contribution in [1.29, 1.82) is 0 Å². The van der Waals surface area contributed by atoms with Gasteiger partial charge in [-0.05, 0) is 125 Å². The minimum Gasteiger partial charge on any atom is -0.337 e. The van der Waals surface area contributed by atoms with E-state index in [0.29, 0.717) is 0 Å². The second-order valence-electron chi connectivity index (χ2n) is 16.3. The van der Waals surface area contributed by atoms with Gasteiger partial charge in [0.05, 0.1) is 11.4 Å². The molecule has 2 heteroatoms. The summed E-state index contributed by atoms with van der Waals surface area (Å²) >= 11 is 0. The fourth-order valence-electron chi connectivity index (χ4n) is 8.66. The fourth-order valence-corrected chi connectivity index (χ4v) is 8.66. The SMILES string of the molecule is C#CC.C=CC.Cc1cc(-c2cccc3c(N(c4ccc5ccccc5c4)c4cccc5ccccc45)cccc23)ccc1N1C/C=C\C=C/CC(C)(C)c2cccc(C)c21. The summed E-state index contributed by atoms with van der Waals surface area (Å²) in [5.41, 5.74) is 12.4. The molecule has 0 fully saturated rings. The van der Waals surface area contributed by atoms with Crippen LogP contribution >= 0.6 is 0 Å². The van der Waals surface area contributed by atoms with Crippen LogP contribution in [-0.4, -0.2) is 6.54 Å². The molecule has 1 aliphatic rings. The smallest absolute Gasteiger partial charge is 0.0540 e. The molecule has 8 aromatic carbocycles. The largest absolute Gasteiger partial charge is 0.337 e. The summed E-state index contributed by atoms with van der Waals surface area (Å²) < 4.78 is 0. The van der Waals surface area contributed by atoms with Gasteiger partial charge in [-0.2, -0.15) is 0 Å². The summed E-state index contributed by atoms with van der Waals surface area (Å²) in [6, 6.07) is 58.2. The van der Waals surface area contributed by atoms with Gasteiger partial charge in [0, 0.05) is 34.4 Å². The van der Waals surface area contributed by atoms with Crippen LogP contribution in [0.15, 0.2) is 195 Å². The van der Waals surface area contributed by atoms with Crippen molar-refractivity contribution in [3.05, 3.63) is 211 Å². The van der Waals surface area contributed by atoms with E-state index in [2.05, 4.69) is 238 Å². The van der Waals surface area contributed by atoms with Crippen molar-refractivity contribution in [3.8, 4) is 23.5 Å². The standard InChI is InChI=1S/C53H46N2.C3H6.C3H4/c1-37-17-13-26-48-52(37)54(34-12-6-5-11-33-53(48,3)4)49-32-30-42(35-38(49)2)44-23-15-25-47-46(44)24-16-28-51(47)55(43-31-29-39-18-7-8-20-41(39)36-43)50-27-14-21-40-19-9-10-22-45(40)50;2*1-3-2/h5-32,35-36H,33-34H2,1-4H3;3H,1H2,2H3;1H,2H3/b11-5-,12-6-;;. The molecule has 1 heterocycles. The van der Waals surface area contributed by atoms with E-state index < -0.39 is 0 Å². The van der Waals surface area contributed by atoms with E-state index in [1.807, 2.05) is 6.92 Å². The van der Waals surface area contributed by atoms with Crippen LogP contribution in [0.1, 0.15) is 50.8 Å². The van der Waals surface area contributed by atoms with Crippen LogP contribution in [0.3, 0.4) is 0 Å². The lowest BCUT2D eigenvalue weighted by Crippen LogP contribution is -2.26. The number of terminal acetylenes is 1. The third-order valence-corrected chi connectivity index (χ3v) is 11.5. The maximum Gasteiger partial charge on any atom is 0.0540 e. The number of anilines is 5. The Bertz CT molecular complexity index is 2930. The second kappa shape index (κ2) is 18.9. The number of aryl methyl sites for hydroxylation is 2. The second-order valence-corrected chi connectivity index (χ2v) is 16.3. The first-order valence-corrected chi connectivity index (χ1v) is 21.2. The van der Waals surface area contributed by atoms with E-state index in [1.165, 1.54) is 71.5 Å². The highest BCUT2D eigenvalue weighted by atomic mass is 15.1. The van der Waals surface area contributed by atoms with E-state index in [0.717, 1.165) is 30.0 Å². The number of rotatable bonds is 5. The van der Waals surface area contributed by atoms with Gasteiger partial charge in [0.25, 0.3) is 0 Å². The van der Waals surface area contributed by atoms with Crippen molar-refractivity contribution >= 4 is 60.8 Å². The molecule has 302 valence electrons. The molecule has 0 atom stereocenters. The third-order valence-electron chi connectivity index (χ3n) is 11.5. The molecule has 0 N–H and O–H groups in total. The van der Waals surface area contributed by atoms with Crippen molar-refractivity contribution in [1.82, 2.24) is 0 Å². The summed E-state index contributed by atoms with van der Waals surface area (Å²) in [6.45, 7) is 17.0. The average Bonchev–Trinajstić information content (AvgIpc) is 3.27. The zero-order chi connectivity index (χ0) is 42.9. The van der Waals surface area contributed by atoms with Crippen molar-refractivity contribution in [2.75, 3.05) is 16.3 Å². The third kappa shape index (κ3) is 8.79. The summed E-state index contributed by atoms with van der Waals surface area (Å²) in [5.74, 6) is 2.25. The number of allylic oxidation sites excluding steroid dienone is 4. The van der Waals surface area contributed by atoms with Gasteiger partial charge in [-0.3, -0.25) is 0 Å². The molecular formula is C59H56N2. The number of hydrogen-bond donors (Lipinski definition) is 0. The Morgan fingerprint density at radius 2 is 1.25 bits per heavy atom. The lowest BCUT2D eigenvalue weighted by molar-refractivity contribution is 0.533. The van der Waals surface area contributed by atoms with Crippen LogP contribution in [0, 0.1) is 26.2 Å². The first-order valence-electron chi connectivity index (χ1n) is 21.2. The van der Waals surface area contributed by atoms with Crippen molar-refractivity contribution in [2.24, 2.45) is 0 Å². The van der Waals surface area contributed by atoms with Crippen molar-refractivity contribution in [3.63, 3.8) is 0 Å². The predicted molar refractivity (Wildman–Crippen MR) is 268 cm³/mol. The van der Waals surface area contributed by atoms with Gasteiger partial charge in [-0.25, -0.2) is 0 Å². The van der Waals surface area contributed by atoms with Crippen molar-refractivity contribution < 1.29 is 0 Å². The molecule has 0 saturated heterocycles. The Morgan fingerprint density at radius 3 is 2.02 bits per heavy atom. The number of para-hydroxylation sites is 1. The van der Waals surface area contributed by atoms with E-state index in [4.69, 9.17) is 0 Å². The highest BCUT2D eigenvalue weighted by molar-refractivity contribution is 6.09. The number of nitrogens with zero attached hydrogens (tertiary/aromatic N) is 2. The monoisotopic (exact) mass is 792 g/mol. The Kier molecular flexibility index (Phi) is 13.0. The lowest BCUT2D eigenvalue weighted by Gasteiger charge is -2.35. The molecular weight excluding hydrogens is 737 g/mol. The van der Waals surface area contributed by atoms with Gasteiger partial charge in [-0.1, -0.05) is 166 Å². The molecule has 1 aliphatic heterocycles. The van der Waals surface area contributed by atoms with Gasteiger partial charge < -0.3 is 9.80 Å². The van der Waals surface area contributed by atoms with Crippen LogP contribution < -0.4 is 9.80 Å². The zero-order valence-corrected chi connectivity index (χ0v) is 36.5. The Morgan fingerprint density at radius 1 is 0.639 bits per heavy atom. The summed E-state index contributed by atoms with van der Waals surface area (Å²) in [4.78, 5) is 4.97. The number of fused-ring (bicyclic) bond motifs is 4. The predicted octanol–water partition coefficient (Wildman–Crippen LogP) is 16.7. The molecule has 61 heavy (non-hydrogen) atoms. The molecule has 0 radical (unpaired) electrons. The average molecular weight is 793 g/mol. The minimum absolute atomic E-state index is 0.00254. The van der Waals surface area contributed by atoms with E-state index in [1.54, 1.807) is 13.0 Å². The summed E-state index contributed by atoms with van der Waals surface area (Å²) in [5, 5.41) is 7.35. The minimum atomic E-state index is 0.00254. The molecule has 9 rings (SSSR count). The van der Waals surface area contributed by atoms with E-state index in [-0.39, 0.29) is 5.41 Å². The van der Waals surface area contributed by atoms with Gasteiger partial charge in [0.15, 0.2) is 0 Å². The fraction of sp³-hybridized carbons (Fsp3) is 0.153. The van der Waals surface area contributed by atoms with Crippen LogP contribution in [0.2, 0.25) is 0 Å². The van der Waals surface area contributed by atoms with Gasteiger partial charge in [0.1, 0.15) is 0 Å². The highest BCUT2D eigenvalue weighted by Crippen LogP contribution is 2.46. The van der Waals surface area contributed by atoms with Crippen LogP contribution in [0.4, 0.5) is 28.4 Å². The molecule has 0 aromatic heterocycles. The molecule has 0 bridgehead atoms. The first kappa shape index (κ1) is 42.1. The van der Waals surface area contributed by atoms with Crippen LogP contribution in [0.5, 0.6) is 0 Å². The Labute approximate surface area is 363 Å². The van der Waals surface area contributed by atoms with E-state index >= 15 is 0 Å². The molecule has 8 aromatic rings. The Balaban J connectivity index is 0.000000885. The molecule has 0 aliphatic carbocycles. The molecule has 0 unspecified atom stereocenters. The van der Waals surface area contributed by atoms with Crippen molar-refractivity contribution in [2.45, 2.75) is 53.4 Å². The number of benzene rings is 8.